The number of nitrogens with zero attached hydrogens (tertiary/aromatic N) is 1. The van der Waals surface area contributed by atoms with Gasteiger partial charge < -0.3 is 32.7 Å². The number of methoxy groups -OCH3 is 1. The number of benzene rings is 1. The van der Waals surface area contributed by atoms with Crippen molar-refractivity contribution in [3.05, 3.63) is 18.2 Å². The summed E-state index contributed by atoms with van der Waals surface area (Å²) in [5.74, 6) is 0.411. The lowest BCUT2D eigenvalue weighted by atomic mass is 10.3. The smallest absolute Gasteiger partial charge is 0.217 e. The van der Waals surface area contributed by atoms with Crippen molar-refractivity contribution in [2.24, 2.45) is 0 Å². The number of hydrogen-bond acceptors (Lipinski definition) is 5. The summed E-state index contributed by atoms with van der Waals surface area (Å²) in [6.45, 7) is 8.88. The number of carbonyl (C=O) groups excluding carboxylic acids is 1. The topological polar surface area (TPSA) is 98.5 Å². The zero-order valence-electron chi connectivity index (χ0n) is 15.9. The van der Waals surface area contributed by atoms with Crippen molar-refractivity contribution in [1.82, 2.24) is 5.32 Å². The van der Waals surface area contributed by atoms with Crippen molar-refractivity contribution in [3.63, 3.8) is 0 Å². The highest BCUT2D eigenvalue weighted by molar-refractivity contribution is 7.91. The Hall–Kier alpha value is -1.51. The third-order valence-corrected chi connectivity index (χ3v) is 6.39. The van der Waals surface area contributed by atoms with E-state index >= 15 is 0 Å². The van der Waals surface area contributed by atoms with E-state index in [-0.39, 0.29) is 29.0 Å². The molecule has 0 aromatic heterocycles. The van der Waals surface area contributed by atoms with Gasteiger partial charge in [-0.2, -0.15) is 0 Å². The van der Waals surface area contributed by atoms with Gasteiger partial charge in [-0.1, -0.05) is 0 Å². The quantitative estimate of drug-likeness (QED) is 0.347. The van der Waals surface area contributed by atoms with E-state index in [2.05, 4.69) is 5.32 Å². The number of anilines is 1. The Morgan fingerprint density at radius 3 is 2.31 bits per heavy atom. The number of nitrogens with one attached hydrogen (secondary N) is 1. The summed E-state index contributed by atoms with van der Waals surface area (Å²) in [4.78, 5) is 11.3. The number of sulfone groups is 1. The summed E-state index contributed by atoms with van der Waals surface area (Å²) in [7, 11) is -1.95. The van der Waals surface area contributed by atoms with Crippen LogP contribution in [0.4, 0.5) is 5.69 Å². The molecule has 0 saturated heterocycles. The molecule has 0 fully saturated rings. The molecule has 0 atom stereocenters. The van der Waals surface area contributed by atoms with E-state index in [0.717, 1.165) is 13.1 Å². The van der Waals surface area contributed by atoms with Gasteiger partial charge in [-0.3, -0.25) is 4.79 Å². The molecule has 0 saturated carbocycles. The second-order valence-electron chi connectivity index (χ2n) is 6.13. The fourth-order valence-electron chi connectivity index (χ4n) is 2.77. The molecule has 1 aromatic rings. The molecular weight excluding hydrogens is 378 g/mol. The number of quaternary nitrogens is 1. The molecular formula is C17H30ClN3O4S. The zero-order valence-corrected chi connectivity index (χ0v) is 17.5. The van der Waals surface area contributed by atoms with Gasteiger partial charge in [0.05, 0.1) is 50.4 Å². The Morgan fingerprint density at radius 1 is 1.23 bits per heavy atom. The molecule has 26 heavy (non-hydrogen) atoms. The second kappa shape index (κ2) is 10.6. The maximum Gasteiger partial charge on any atom is 0.217 e. The molecule has 1 rings (SSSR count). The van der Waals surface area contributed by atoms with Crippen molar-refractivity contribution in [1.29, 1.82) is 0 Å². The van der Waals surface area contributed by atoms with E-state index in [1.165, 1.54) is 26.2 Å². The van der Waals surface area contributed by atoms with Gasteiger partial charge in [0.15, 0.2) is 9.84 Å². The molecule has 0 unspecified atom stereocenters. The summed E-state index contributed by atoms with van der Waals surface area (Å²) in [5.41, 5.74) is 6.13. The third kappa shape index (κ3) is 6.66. The standard InChI is InChI=1S/C17H29N3O4S.ClH/c1-5-20(6-2,10-9-19-14(3)21)11-12-25(22,23)15-7-8-17(24-4)16(18)13-15;/h7-8,13H,5-6,9-12,18H2,1-4H3;1H. The predicted molar refractivity (Wildman–Crippen MR) is 99.2 cm³/mol. The van der Waals surface area contributed by atoms with E-state index in [0.29, 0.717) is 35.6 Å². The largest absolute Gasteiger partial charge is 1.00 e. The van der Waals surface area contributed by atoms with E-state index in [9.17, 15) is 13.2 Å². The first kappa shape index (κ1) is 24.5. The third-order valence-electron chi connectivity index (χ3n) is 4.70. The number of nitrogens with two attached hydrogens (primary N) is 1. The number of hydrogen-bond donors (Lipinski definition) is 2. The summed E-state index contributed by atoms with van der Waals surface area (Å²) >= 11 is 0. The van der Waals surface area contributed by atoms with Crippen LogP contribution in [0.2, 0.25) is 0 Å². The van der Waals surface area contributed by atoms with Crippen LogP contribution in [0.25, 0.3) is 0 Å². The van der Waals surface area contributed by atoms with Gasteiger partial charge in [-0.25, -0.2) is 8.42 Å². The van der Waals surface area contributed by atoms with Crippen LogP contribution in [0.5, 0.6) is 5.75 Å². The van der Waals surface area contributed by atoms with Crippen molar-refractivity contribution in [2.75, 3.05) is 51.3 Å². The average Bonchev–Trinajstić information content (AvgIpc) is 2.58. The zero-order chi connectivity index (χ0) is 19.1. The first-order valence-corrected chi connectivity index (χ1v) is 10.1. The molecule has 0 heterocycles. The maximum atomic E-state index is 12.7. The van der Waals surface area contributed by atoms with Crippen LogP contribution in [0, 0.1) is 0 Å². The molecule has 7 nitrogen and oxygen atoms in total. The van der Waals surface area contributed by atoms with E-state index in [1.807, 2.05) is 13.8 Å². The monoisotopic (exact) mass is 407 g/mol. The van der Waals surface area contributed by atoms with Crippen LogP contribution in [0.1, 0.15) is 20.8 Å². The minimum absolute atomic E-state index is 0. The second-order valence-corrected chi connectivity index (χ2v) is 8.24. The minimum atomic E-state index is -3.44. The summed E-state index contributed by atoms with van der Waals surface area (Å²) in [6, 6.07) is 4.53. The van der Waals surface area contributed by atoms with Crippen LogP contribution in [0.15, 0.2) is 23.1 Å². The Labute approximate surface area is 162 Å². The molecule has 0 radical (unpaired) electrons. The maximum absolute atomic E-state index is 12.7. The van der Waals surface area contributed by atoms with E-state index in [1.54, 1.807) is 6.07 Å². The number of likely N-dealkylation sites (N-methyl/N-ethyl adjacent to an activating group) is 1. The summed E-state index contributed by atoms with van der Waals surface area (Å²) in [6.07, 6.45) is 0. The van der Waals surface area contributed by atoms with Crippen molar-refractivity contribution in [2.45, 2.75) is 25.7 Å². The summed E-state index contributed by atoms with van der Waals surface area (Å²) in [5, 5.41) is 2.78. The molecule has 150 valence electrons. The first-order valence-electron chi connectivity index (χ1n) is 8.45. The Bertz CT molecular complexity index is 691. The highest BCUT2D eigenvalue weighted by Gasteiger charge is 2.27. The van der Waals surface area contributed by atoms with Crippen molar-refractivity contribution in [3.8, 4) is 5.75 Å². The predicted octanol–water partition coefficient (Wildman–Crippen LogP) is -1.95. The molecule has 0 spiro atoms. The normalized spacial score (nSPS) is 11.5. The van der Waals surface area contributed by atoms with Gasteiger partial charge in [-0.05, 0) is 32.0 Å². The SMILES string of the molecule is CC[N+](CC)(CCNC(C)=O)CCS(=O)(=O)c1ccc(OC)c(N)c1.[Cl-]. The number of halogens is 1. The highest BCUT2D eigenvalue weighted by atomic mass is 35.5. The van der Waals surface area contributed by atoms with Gasteiger partial charge in [0.2, 0.25) is 5.91 Å². The fourth-order valence-corrected chi connectivity index (χ4v) is 4.22. The molecule has 0 aliphatic carbocycles. The van der Waals surface area contributed by atoms with Crippen LogP contribution in [-0.4, -0.2) is 64.4 Å². The van der Waals surface area contributed by atoms with Gasteiger partial charge in [0.25, 0.3) is 0 Å². The molecule has 9 heteroatoms. The van der Waals surface area contributed by atoms with Crippen LogP contribution in [-0.2, 0) is 14.6 Å². The molecule has 0 aliphatic rings. The number of carbonyl (C=O) groups is 1. The average molecular weight is 408 g/mol. The van der Waals surface area contributed by atoms with Crippen LogP contribution >= 0.6 is 0 Å². The minimum Gasteiger partial charge on any atom is -1.00 e. The lowest BCUT2D eigenvalue weighted by molar-refractivity contribution is -0.921. The van der Waals surface area contributed by atoms with Gasteiger partial charge >= 0.3 is 0 Å². The molecule has 0 bridgehead atoms. The Morgan fingerprint density at radius 2 is 1.85 bits per heavy atom. The van der Waals surface area contributed by atoms with E-state index < -0.39 is 9.84 Å². The van der Waals surface area contributed by atoms with Gasteiger partial charge in [0, 0.05) is 6.92 Å². The Kier molecular flexibility index (Phi) is 9.98. The lowest BCUT2D eigenvalue weighted by Crippen LogP contribution is -3.00. The lowest BCUT2D eigenvalue weighted by Gasteiger charge is -2.36. The number of rotatable bonds is 10. The number of amides is 1. The molecule has 1 amide bonds. The van der Waals surface area contributed by atoms with E-state index in [4.69, 9.17) is 10.5 Å². The molecule has 1 aromatic carbocycles. The van der Waals surface area contributed by atoms with Crippen molar-refractivity contribution >= 4 is 21.4 Å². The van der Waals surface area contributed by atoms with Crippen LogP contribution in [0.3, 0.4) is 0 Å². The van der Waals surface area contributed by atoms with Gasteiger partial charge in [-0.15, -0.1) is 0 Å². The summed E-state index contributed by atoms with van der Waals surface area (Å²) < 4.78 is 31.0. The molecule has 3 N–H and O–H groups in total. The van der Waals surface area contributed by atoms with Crippen molar-refractivity contribution < 1.29 is 34.8 Å². The van der Waals surface area contributed by atoms with Gasteiger partial charge in [0.1, 0.15) is 11.5 Å². The highest BCUT2D eigenvalue weighted by Crippen LogP contribution is 2.25. The molecule has 0 aliphatic heterocycles. The van der Waals surface area contributed by atoms with Crippen LogP contribution < -0.4 is 28.2 Å². The fraction of sp³-hybridized carbons (Fsp3) is 0.588. The number of ether oxygens (including phenoxy) is 1. The number of nitrogen functional groups attached to an aromatic ring is 1. The Balaban J connectivity index is 0.00000625. The first-order chi connectivity index (χ1) is 11.7.